The molecule has 1 N–H and O–H groups in total. The summed E-state index contributed by atoms with van der Waals surface area (Å²) in [7, 11) is 1.56. The van der Waals surface area contributed by atoms with Gasteiger partial charge in [-0.3, -0.25) is 0 Å². The van der Waals surface area contributed by atoms with E-state index in [9.17, 15) is 13.6 Å². The Balaban J connectivity index is 2.43. The zero-order valence-corrected chi connectivity index (χ0v) is 10.8. The Kier molecular flexibility index (Phi) is 3.64. The Morgan fingerprint density at radius 1 is 1.40 bits per heavy atom. The first-order chi connectivity index (χ1) is 9.43. The highest BCUT2D eigenvalue weighted by Gasteiger charge is 2.18. The summed E-state index contributed by atoms with van der Waals surface area (Å²) in [6.07, 6.45) is 0.770. The van der Waals surface area contributed by atoms with Gasteiger partial charge in [-0.1, -0.05) is 0 Å². The Morgan fingerprint density at radius 2 is 2.10 bits per heavy atom. The third kappa shape index (κ3) is 2.44. The molecule has 0 unspecified atom stereocenters. The maximum Gasteiger partial charge on any atom is 0.356 e. The van der Waals surface area contributed by atoms with Crippen LogP contribution in [0.1, 0.15) is 17.4 Å². The summed E-state index contributed by atoms with van der Waals surface area (Å²) in [5.41, 5.74) is -0.128. The normalized spacial score (nSPS) is 10.6. The highest BCUT2D eigenvalue weighted by atomic mass is 19.2. The SMILES string of the molecule is CCn1nc(C(=O)O)cc1N(C)c1cc(F)c(F)cn1. The molecule has 0 atom stereocenters. The molecule has 0 aromatic carbocycles. The number of carboxylic acids is 1. The molecule has 0 saturated heterocycles. The minimum atomic E-state index is -1.16. The van der Waals surface area contributed by atoms with Gasteiger partial charge in [-0.2, -0.15) is 5.10 Å². The zero-order valence-electron chi connectivity index (χ0n) is 10.8. The van der Waals surface area contributed by atoms with Crippen molar-refractivity contribution < 1.29 is 18.7 Å². The van der Waals surface area contributed by atoms with Crippen LogP contribution in [-0.4, -0.2) is 32.9 Å². The third-order valence-electron chi connectivity index (χ3n) is 2.76. The average Bonchev–Trinajstić information content (AvgIpc) is 2.85. The van der Waals surface area contributed by atoms with Crippen molar-refractivity contribution in [3.8, 4) is 0 Å². The molecule has 2 heterocycles. The second-order valence-electron chi connectivity index (χ2n) is 4.02. The molecule has 20 heavy (non-hydrogen) atoms. The van der Waals surface area contributed by atoms with E-state index < -0.39 is 17.6 Å². The molecule has 2 aromatic heterocycles. The lowest BCUT2D eigenvalue weighted by Crippen LogP contribution is -2.16. The number of rotatable bonds is 4. The average molecular weight is 282 g/mol. The van der Waals surface area contributed by atoms with Gasteiger partial charge in [0.2, 0.25) is 0 Å². The number of hydrogen-bond acceptors (Lipinski definition) is 4. The second kappa shape index (κ2) is 5.24. The van der Waals surface area contributed by atoms with Crippen molar-refractivity contribution in [1.82, 2.24) is 14.8 Å². The first-order valence-corrected chi connectivity index (χ1v) is 5.80. The van der Waals surface area contributed by atoms with Gasteiger partial charge in [0, 0.05) is 25.7 Å². The Hall–Kier alpha value is -2.51. The summed E-state index contributed by atoms with van der Waals surface area (Å²) < 4.78 is 27.5. The highest BCUT2D eigenvalue weighted by molar-refractivity contribution is 5.86. The molecular formula is C12H12F2N4O2. The van der Waals surface area contributed by atoms with Crippen LogP contribution in [0.5, 0.6) is 0 Å². The summed E-state index contributed by atoms with van der Waals surface area (Å²) >= 11 is 0. The molecule has 0 spiro atoms. The van der Waals surface area contributed by atoms with Crippen LogP contribution in [0.15, 0.2) is 18.3 Å². The summed E-state index contributed by atoms with van der Waals surface area (Å²) in [5.74, 6) is -2.66. The van der Waals surface area contributed by atoms with Crippen molar-refractivity contribution in [3.63, 3.8) is 0 Å². The number of pyridine rings is 1. The monoisotopic (exact) mass is 282 g/mol. The van der Waals surface area contributed by atoms with Crippen molar-refractivity contribution in [3.05, 3.63) is 35.7 Å². The molecule has 0 bridgehead atoms. The van der Waals surface area contributed by atoms with Crippen LogP contribution in [-0.2, 0) is 6.54 Å². The molecule has 0 amide bonds. The smallest absolute Gasteiger partial charge is 0.356 e. The van der Waals surface area contributed by atoms with Gasteiger partial charge < -0.3 is 10.0 Å². The van der Waals surface area contributed by atoms with Crippen LogP contribution in [0.2, 0.25) is 0 Å². The number of halogens is 2. The van der Waals surface area contributed by atoms with Crippen LogP contribution < -0.4 is 4.90 Å². The van der Waals surface area contributed by atoms with Crippen molar-refractivity contribution in [1.29, 1.82) is 0 Å². The molecule has 0 radical (unpaired) electrons. The highest BCUT2D eigenvalue weighted by Crippen LogP contribution is 2.24. The lowest BCUT2D eigenvalue weighted by atomic mass is 10.3. The topological polar surface area (TPSA) is 71.2 Å². The van der Waals surface area contributed by atoms with E-state index >= 15 is 0 Å². The van der Waals surface area contributed by atoms with Crippen LogP contribution >= 0.6 is 0 Å². The molecule has 0 aliphatic carbocycles. The van der Waals surface area contributed by atoms with Gasteiger partial charge in [0.1, 0.15) is 11.6 Å². The first-order valence-electron chi connectivity index (χ1n) is 5.80. The van der Waals surface area contributed by atoms with Gasteiger partial charge in [0.25, 0.3) is 0 Å². The maximum atomic E-state index is 13.2. The number of nitrogens with zero attached hydrogens (tertiary/aromatic N) is 4. The van der Waals surface area contributed by atoms with Gasteiger partial charge in [-0.15, -0.1) is 0 Å². The van der Waals surface area contributed by atoms with E-state index in [0.29, 0.717) is 12.4 Å². The molecule has 0 aliphatic rings. The van der Waals surface area contributed by atoms with E-state index in [-0.39, 0.29) is 11.5 Å². The van der Waals surface area contributed by atoms with Gasteiger partial charge in [0.05, 0.1) is 6.20 Å². The summed E-state index contributed by atoms with van der Waals surface area (Å²) in [4.78, 5) is 16.1. The van der Waals surface area contributed by atoms with Crippen molar-refractivity contribution in [2.45, 2.75) is 13.5 Å². The number of aromatic carboxylic acids is 1. The number of anilines is 2. The Morgan fingerprint density at radius 3 is 2.65 bits per heavy atom. The molecule has 0 aliphatic heterocycles. The molecule has 0 fully saturated rings. The van der Waals surface area contributed by atoms with Crippen molar-refractivity contribution in [2.24, 2.45) is 0 Å². The summed E-state index contributed by atoms with van der Waals surface area (Å²) in [6.45, 7) is 2.21. The van der Waals surface area contributed by atoms with Gasteiger partial charge in [0.15, 0.2) is 17.3 Å². The fourth-order valence-electron chi connectivity index (χ4n) is 1.72. The zero-order chi connectivity index (χ0) is 14.9. The summed E-state index contributed by atoms with van der Waals surface area (Å²) in [5, 5.41) is 12.8. The molecule has 0 saturated carbocycles. The number of aromatic nitrogens is 3. The fourth-order valence-corrected chi connectivity index (χ4v) is 1.72. The van der Waals surface area contributed by atoms with E-state index in [4.69, 9.17) is 5.11 Å². The number of aryl methyl sites for hydroxylation is 1. The molecule has 2 rings (SSSR count). The number of carboxylic acid groups (broad SMARTS) is 1. The Labute approximate surface area is 113 Å². The summed E-state index contributed by atoms with van der Waals surface area (Å²) in [6, 6.07) is 2.28. The van der Waals surface area contributed by atoms with Crippen LogP contribution in [0, 0.1) is 11.6 Å². The standard InChI is InChI=1S/C12H12F2N4O2/c1-3-18-11(5-9(16-18)12(19)20)17(2)10-4-7(13)8(14)6-15-10/h4-6H,3H2,1-2H3,(H,19,20). The van der Waals surface area contributed by atoms with Crippen LogP contribution in [0.3, 0.4) is 0 Å². The predicted molar refractivity (Wildman–Crippen MR) is 67.1 cm³/mol. The van der Waals surface area contributed by atoms with E-state index in [1.165, 1.54) is 15.6 Å². The van der Waals surface area contributed by atoms with E-state index in [0.717, 1.165) is 12.3 Å². The van der Waals surface area contributed by atoms with E-state index in [2.05, 4.69) is 10.1 Å². The van der Waals surface area contributed by atoms with Gasteiger partial charge >= 0.3 is 5.97 Å². The van der Waals surface area contributed by atoms with Gasteiger partial charge in [-0.25, -0.2) is 23.2 Å². The van der Waals surface area contributed by atoms with Crippen LogP contribution in [0.25, 0.3) is 0 Å². The molecular weight excluding hydrogens is 270 g/mol. The molecule has 6 nitrogen and oxygen atoms in total. The maximum absolute atomic E-state index is 13.2. The van der Waals surface area contributed by atoms with E-state index in [1.54, 1.807) is 14.0 Å². The lowest BCUT2D eigenvalue weighted by molar-refractivity contribution is 0.0689. The van der Waals surface area contributed by atoms with Gasteiger partial charge in [-0.05, 0) is 6.92 Å². The first kappa shape index (κ1) is 13.9. The predicted octanol–water partition coefficient (Wildman–Crippen LogP) is 2.04. The Bertz CT molecular complexity index is 657. The molecule has 8 heteroatoms. The van der Waals surface area contributed by atoms with Crippen molar-refractivity contribution >= 4 is 17.6 Å². The minimum absolute atomic E-state index is 0.128. The molecule has 2 aromatic rings. The van der Waals surface area contributed by atoms with Crippen LogP contribution in [0.4, 0.5) is 20.4 Å². The third-order valence-corrected chi connectivity index (χ3v) is 2.76. The number of hydrogen-bond donors (Lipinski definition) is 1. The largest absolute Gasteiger partial charge is 0.476 e. The van der Waals surface area contributed by atoms with Crippen molar-refractivity contribution in [2.75, 3.05) is 11.9 Å². The molecule has 106 valence electrons. The van der Waals surface area contributed by atoms with E-state index in [1.807, 2.05) is 0 Å². The quantitative estimate of drug-likeness (QED) is 0.929. The fraction of sp³-hybridized carbons (Fsp3) is 0.250. The minimum Gasteiger partial charge on any atom is -0.476 e. The lowest BCUT2D eigenvalue weighted by Gasteiger charge is -2.18. The second-order valence-corrected chi connectivity index (χ2v) is 4.02. The number of carbonyl (C=O) groups is 1.